The topological polar surface area (TPSA) is 78.4 Å². The number of amides is 2. The Morgan fingerprint density at radius 1 is 1.32 bits per heavy atom. The Bertz CT molecular complexity index is 480. The van der Waals surface area contributed by atoms with Crippen LogP contribution in [0.1, 0.15) is 19.8 Å². The van der Waals surface area contributed by atoms with Crippen LogP contribution in [-0.4, -0.2) is 23.1 Å². The number of nitrogens with one attached hydrogen (secondary N) is 2. The quantitative estimate of drug-likeness (QED) is 0.780. The van der Waals surface area contributed by atoms with Crippen LogP contribution in [0.25, 0.3) is 0 Å². The predicted molar refractivity (Wildman–Crippen MR) is 74.9 cm³/mol. The second kappa shape index (κ2) is 7.21. The summed E-state index contributed by atoms with van der Waals surface area (Å²) in [6.45, 7) is 1.84. The van der Waals surface area contributed by atoms with E-state index in [2.05, 4.69) is 10.6 Å². The zero-order valence-electron chi connectivity index (χ0n) is 10.2. The first kappa shape index (κ1) is 15.6. The zero-order chi connectivity index (χ0) is 14.4. The fourth-order valence-electron chi connectivity index (χ4n) is 1.45. The Morgan fingerprint density at radius 3 is 2.53 bits per heavy atom. The number of hydrogen-bond donors (Lipinski definition) is 3. The van der Waals surface area contributed by atoms with Crippen molar-refractivity contribution in [3.63, 3.8) is 0 Å². The van der Waals surface area contributed by atoms with E-state index in [0.717, 1.165) is 0 Å². The highest BCUT2D eigenvalue weighted by molar-refractivity contribution is 6.42. The molecule has 0 saturated heterocycles. The number of carboxylic acid groups (broad SMARTS) is 1. The van der Waals surface area contributed by atoms with E-state index in [1.54, 1.807) is 12.1 Å². The van der Waals surface area contributed by atoms with Crippen molar-refractivity contribution in [1.82, 2.24) is 5.32 Å². The van der Waals surface area contributed by atoms with Gasteiger partial charge in [-0.25, -0.2) is 9.59 Å². The smallest absolute Gasteiger partial charge is 0.326 e. The molecular formula is C12H14Cl2N2O3. The number of anilines is 1. The summed E-state index contributed by atoms with van der Waals surface area (Å²) in [5.74, 6) is -1.06. The summed E-state index contributed by atoms with van der Waals surface area (Å²) in [5, 5.41) is 14.5. The number of carboxylic acids is 1. The van der Waals surface area contributed by atoms with Crippen molar-refractivity contribution in [2.45, 2.75) is 25.8 Å². The molecule has 3 N–H and O–H groups in total. The van der Waals surface area contributed by atoms with Crippen molar-refractivity contribution in [2.24, 2.45) is 0 Å². The first-order valence-electron chi connectivity index (χ1n) is 5.69. The average Bonchev–Trinajstić information content (AvgIpc) is 2.33. The largest absolute Gasteiger partial charge is 0.480 e. The van der Waals surface area contributed by atoms with E-state index in [4.69, 9.17) is 28.3 Å². The summed E-state index contributed by atoms with van der Waals surface area (Å²) >= 11 is 11.6. The van der Waals surface area contributed by atoms with Crippen LogP contribution in [-0.2, 0) is 4.79 Å². The maximum Gasteiger partial charge on any atom is 0.326 e. The van der Waals surface area contributed by atoms with Crippen LogP contribution >= 0.6 is 23.2 Å². The third-order valence-electron chi connectivity index (χ3n) is 2.36. The summed E-state index contributed by atoms with van der Waals surface area (Å²) in [6.07, 6.45) is 1.02. The molecule has 0 saturated carbocycles. The summed E-state index contributed by atoms with van der Waals surface area (Å²) in [5.41, 5.74) is 0.438. The van der Waals surface area contributed by atoms with Crippen LogP contribution in [0.5, 0.6) is 0 Å². The maximum absolute atomic E-state index is 11.6. The lowest BCUT2D eigenvalue weighted by Gasteiger charge is -2.14. The second-order valence-electron chi connectivity index (χ2n) is 3.91. The number of rotatable bonds is 5. The van der Waals surface area contributed by atoms with Crippen molar-refractivity contribution < 1.29 is 14.7 Å². The Kier molecular flexibility index (Phi) is 5.92. The fourth-order valence-corrected chi connectivity index (χ4v) is 1.74. The van der Waals surface area contributed by atoms with Crippen LogP contribution in [0.4, 0.5) is 10.5 Å². The molecule has 0 aliphatic heterocycles. The molecule has 0 heterocycles. The monoisotopic (exact) mass is 304 g/mol. The van der Waals surface area contributed by atoms with Gasteiger partial charge in [-0.15, -0.1) is 0 Å². The molecule has 0 bridgehead atoms. The third kappa shape index (κ3) is 4.96. The minimum absolute atomic E-state index is 0.308. The van der Waals surface area contributed by atoms with E-state index in [1.165, 1.54) is 6.07 Å². The van der Waals surface area contributed by atoms with Crippen LogP contribution < -0.4 is 10.6 Å². The van der Waals surface area contributed by atoms with E-state index in [0.29, 0.717) is 28.6 Å². The Labute approximate surface area is 120 Å². The SMILES string of the molecule is CCC[C@@H](NC(=O)Nc1ccc(Cl)c(Cl)c1)C(=O)O. The van der Waals surface area contributed by atoms with Gasteiger partial charge in [-0.3, -0.25) is 0 Å². The number of benzene rings is 1. The number of carbonyl (C=O) groups is 2. The fraction of sp³-hybridized carbons (Fsp3) is 0.333. The first-order chi connectivity index (χ1) is 8.93. The van der Waals surface area contributed by atoms with Gasteiger partial charge in [0.05, 0.1) is 10.0 Å². The minimum Gasteiger partial charge on any atom is -0.480 e. The standard InChI is InChI=1S/C12H14Cl2N2O3/c1-2-3-10(11(17)18)16-12(19)15-7-4-5-8(13)9(14)6-7/h4-6,10H,2-3H2,1H3,(H,17,18)(H2,15,16,19)/t10-/m1/s1. The predicted octanol–water partition coefficient (Wildman–Crippen LogP) is 3.37. The molecule has 7 heteroatoms. The van der Waals surface area contributed by atoms with E-state index in [1.807, 2.05) is 6.92 Å². The van der Waals surface area contributed by atoms with E-state index in [-0.39, 0.29) is 0 Å². The van der Waals surface area contributed by atoms with Crippen LogP contribution in [0.3, 0.4) is 0 Å². The van der Waals surface area contributed by atoms with Crippen LogP contribution in [0, 0.1) is 0 Å². The molecule has 0 aliphatic rings. The van der Waals surface area contributed by atoms with Gasteiger partial charge < -0.3 is 15.7 Å². The molecule has 1 rings (SSSR count). The molecule has 1 atom stereocenters. The highest BCUT2D eigenvalue weighted by atomic mass is 35.5. The summed E-state index contributed by atoms with van der Waals surface area (Å²) in [6, 6.07) is 3.09. The van der Waals surface area contributed by atoms with Crippen LogP contribution in [0.2, 0.25) is 10.0 Å². The molecule has 0 unspecified atom stereocenters. The number of hydrogen-bond acceptors (Lipinski definition) is 2. The minimum atomic E-state index is -1.06. The molecule has 0 aromatic heterocycles. The molecule has 0 aliphatic carbocycles. The van der Waals surface area contributed by atoms with Crippen molar-refractivity contribution in [3.05, 3.63) is 28.2 Å². The molecule has 0 fully saturated rings. The van der Waals surface area contributed by atoms with E-state index < -0.39 is 18.0 Å². The van der Waals surface area contributed by atoms with E-state index >= 15 is 0 Å². The zero-order valence-corrected chi connectivity index (χ0v) is 11.8. The highest BCUT2D eigenvalue weighted by Gasteiger charge is 2.18. The van der Waals surface area contributed by atoms with Gasteiger partial charge in [0, 0.05) is 5.69 Å². The van der Waals surface area contributed by atoms with Crippen molar-refractivity contribution in [3.8, 4) is 0 Å². The van der Waals surface area contributed by atoms with Gasteiger partial charge in [0.1, 0.15) is 6.04 Å². The molecule has 0 radical (unpaired) electrons. The lowest BCUT2D eigenvalue weighted by Crippen LogP contribution is -2.42. The molecule has 1 aromatic rings. The molecule has 1 aromatic carbocycles. The first-order valence-corrected chi connectivity index (χ1v) is 6.45. The molecule has 104 valence electrons. The molecule has 0 spiro atoms. The van der Waals surface area contributed by atoms with Crippen molar-refractivity contribution in [1.29, 1.82) is 0 Å². The van der Waals surface area contributed by atoms with Crippen LogP contribution in [0.15, 0.2) is 18.2 Å². The summed E-state index contributed by atoms with van der Waals surface area (Å²) < 4.78 is 0. The summed E-state index contributed by atoms with van der Waals surface area (Å²) in [7, 11) is 0. The molecule has 2 amide bonds. The Morgan fingerprint density at radius 2 is 2.00 bits per heavy atom. The number of halogens is 2. The maximum atomic E-state index is 11.6. The van der Waals surface area contributed by atoms with Gasteiger partial charge in [-0.1, -0.05) is 36.5 Å². The highest BCUT2D eigenvalue weighted by Crippen LogP contribution is 2.24. The lowest BCUT2D eigenvalue weighted by atomic mass is 10.2. The number of urea groups is 1. The second-order valence-corrected chi connectivity index (χ2v) is 4.72. The van der Waals surface area contributed by atoms with Gasteiger partial charge in [-0.2, -0.15) is 0 Å². The number of aliphatic carboxylic acids is 1. The molecule has 19 heavy (non-hydrogen) atoms. The van der Waals surface area contributed by atoms with Crippen molar-refractivity contribution in [2.75, 3.05) is 5.32 Å². The molecular weight excluding hydrogens is 291 g/mol. The van der Waals surface area contributed by atoms with E-state index in [9.17, 15) is 9.59 Å². The van der Waals surface area contributed by atoms with Gasteiger partial charge in [-0.05, 0) is 24.6 Å². The third-order valence-corrected chi connectivity index (χ3v) is 3.10. The van der Waals surface area contributed by atoms with Gasteiger partial charge in [0.15, 0.2) is 0 Å². The number of carbonyl (C=O) groups excluding carboxylic acids is 1. The van der Waals surface area contributed by atoms with Gasteiger partial charge in [0.25, 0.3) is 0 Å². The normalized spacial score (nSPS) is 11.7. The van der Waals surface area contributed by atoms with Gasteiger partial charge >= 0.3 is 12.0 Å². The van der Waals surface area contributed by atoms with Gasteiger partial charge in [0.2, 0.25) is 0 Å². The molecule has 5 nitrogen and oxygen atoms in total. The summed E-state index contributed by atoms with van der Waals surface area (Å²) in [4.78, 5) is 22.5. The Hall–Kier alpha value is -1.46. The Balaban J connectivity index is 2.63. The lowest BCUT2D eigenvalue weighted by molar-refractivity contribution is -0.139. The van der Waals surface area contributed by atoms with Crippen molar-refractivity contribution >= 4 is 40.9 Å². The average molecular weight is 305 g/mol.